The molecule has 0 radical (unpaired) electrons. The van der Waals surface area contributed by atoms with Gasteiger partial charge in [0.1, 0.15) is 23.8 Å². The fourth-order valence-corrected chi connectivity index (χ4v) is 4.16. The van der Waals surface area contributed by atoms with Gasteiger partial charge in [-0.2, -0.15) is 0 Å². The third-order valence-electron chi connectivity index (χ3n) is 5.74. The second-order valence-electron chi connectivity index (χ2n) is 7.74. The lowest BCUT2D eigenvalue weighted by atomic mass is 10.0. The molecule has 1 aromatic carbocycles. The summed E-state index contributed by atoms with van der Waals surface area (Å²) < 4.78 is 16.6. The van der Waals surface area contributed by atoms with Crippen LogP contribution < -0.4 is 10.2 Å². The molecular formula is C23H21FN6O2. The number of benzene rings is 1. The summed E-state index contributed by atoms with van der Waals surface area (Å²) in [6.07, 6.45) is 4.67. The van der Waals surface area contributed by atoms with E-state index in [0.717, 1.165) is 25.5 Å². The molecule has 1 fully saturated rings. The highest BCUT2D eigenvalue weighted by Gasteiger charge is 2.26. The normalized spacial score (nSPS) is 16.4. The van der Waals surface area contributed by atoms with Gasteiger partial charge in [0.2, 0.25) is 0 Å². The van der Waals surface area contributed by atoms with Gasteiger partial charge in [-0.15, -0.1) is 0 Å². The van der Waals surface area contributed by atoms with Gasteiger partial charge in [-0.25, -0.2) is 24.1 Å². The summed E-state index contributed by atoms with van der Waals surface area (Å²) in [5.41, 5.74) is 1.69. The lowest BCUT2D eigenvalue weighted by Gasteiger charge is -2.35. The van der Waals surface area contributed by atoms with Crippen LogP contribution in [0.15, 0.2) is 55.1 Å². The van der Waals surface area contributed by atoms with E-state index in [1.807, 2.05) is 0 Å². The predicted molar refractivity (Wildman–Crippen MR) is 119 cm³/mol. The molecule has 9 heteroatoms. The summed E-state index contributed by atoms with van der Waals surface area (Å²) in [5, 5.41) is 13.5. The van der Waals surface area contributed by atoms with Crippen LogP contribution in [-0.2, 0) is 0 Å². The molecule has 162 valence electrons. The third-order valence-corrected chi connectivity index (χ3v) is 5.74. The number of anilines is 1. The Balaban J connectivity index is 1.80. The zero-order valence-corrected chi connectivity index (χ0v) is 17.4. The van der Waals surface area contributed by atoms with Crippen LogP contribution in [0, 0.1) is 5.82 Å². The number of carboxylic acids is 1. The van der Waals surface area contributed by atoms with E-state index in [2.05, 4.69) is 32.1 Å². The van der Waals surface area contributed by atoms with E-state index >= 15 is 0 Å². The highest BCUT2D eigenvalue weighted by Crippen LogP contribution is 2.38. The number of carboxylic acid groups (broad SMARTS) is 1. The number of halogens is 1. The van der Waals surface area contributed by atoms with Gasteiger partial charge in [-0.1, -0.05) is 18.2 Å². The van der Waals surface area contributed by atoms with Crippen molar-refractivity contribution >= 4 is 22.8 Å². The van der Waals surface area contributed by atoms with Gasteiger partial charge < -0.3 is 15.3 Å². The van der Waals surface area contributed by atoms with Crippen LogP contribution in [0.4, 0.5) is 10.2 Å². The molecule has 1 aliphatic heterocycles. The van der Waals surface area contributed by atoms with Crippen molar-refractivity contribution in [3.8, 4) is 16.9 Å². The number of hydrogen-bond donors (Lipinski definition) is 2. The van der Waals surface area contributed by atoms with Crippen LogP contribution in [0.1, 0.15) is 17.3 Å². The first kappa shape index (κ1) is 20.1. The van der Waals surface area contributed by atoms with Crippen molar-refractivity contribution in [2.45, 2.75) is 13.0 Å². The molecule has 5 rings (SSSR count). The number of fused-ring (bicyclic) bond motifs is 1. The second-order valence-corrected chi connectivity index (χ2v) is 7.74. The highest BCUT2D eigenvalue weighted by molar-refractivity contribution is 6.02. The summed E-state index contributed by atoms with van der Waals surface area (Å²) in [6.45, 7) is 4.48. The Kier molecular flexibility index (Phi) is 5.02. The Bertz CT molecular complexity index is 1320. The van der Waals surface area contributed by atoms with Crippen LogP contribution >= 0.6 is 0 Å². The summed E-state index contributed by atoms with van der Waals surface area (Å²) in [6, 6.07) is 9.65. The molecular weight excluding hydrogens is 411 g/mol. The number of carbonyl (C=O) groups is 1. The summed E-state index contributed by atoms with van der Waals surface area (Å²) in [7, 11) is 0. The number of nitrogens with zero attached hydrogens (tertiary/aromatic N) is 5. The third kappa shape index (κ3) is 3.36. The highest BCUT2D eigenvalue weighted by atomic mass is 19.1. The molecule has 0 spiro atoms. The number of piperazine rings is 1. The molecule has 2 N–H and O–H groups in total. The van der Waals surface area contributed by atoms with Crippen molar-refractivity contribution in [2.24, 2.45) is 0 Å². The lowest BCUT2D eigenvalue weighted by Crippen LogP contribution is -2.50. The molecule has 1 saturated heterocycles. The van der Waals surface area contributed by atoms with Gasteiger partial charge in [0.25, 0.3) is 0 Å². The van der Waals surface area contributed by atoms with Gasteiger partial charge in [0.05, 0.1) is 10.9 Å². The number of aromatic carboxylic acids is 1. The topological polar surface area (TPSA) is 96.2 Å². The summed E-state index contributed by atoms with van der Waals surface area (Å²) in [5.74, 6) is -0.308. The molecule has 4 heterocycles. The van der Waals surface area contributed by atoms with E-state index in [0.29, 0.717) is 28.0 Å². The van der Waals surface area contributed by atoms with E-state index < -0.39 is 5.97 Å². The van der Waals surface area contributed by atoms with Crippen LogP contribution in [0.2, 0.25) is 0 Å². The molecule has 8 nitrogen and oxygen atoms in total. The molecule has 4 aromatic rings. The van der Waals surface area contributed by atoms with Crippen molar-refractivity contribution in [2.75, 3.05) is 24.5 Å². The monoisotopic (exact) mass is 432 g/mol. The molecule has 0 aliphatic carbocycles. The Morgan fingerprint density at radius 3 is 2.81 bits per heavy atom. The van der Waals surface area contributed by atoms with E-state index in [4.69, 9.17) is 0 Å². The number of hydrogen-bond acceptors (Lipinski definition) is 6. The Hall–Kier alpha value is -3.85. The quantitative estimate of drug-likeness (QED) is 0.512. The fourth-order valence-electron chi connectivity index (χ4n) is 4.16. The Morgan fingerprint density at radius 1 is 1.19 bits per heavy atom. The maximum absolute atomic E-state index is 14.9. The lowest BCUT2D eigenvalue weighted by molar-refractivity contribution is 0.0696. The Morgan fingerprint density at radius 2 is 2.03 bits per heavy atom. The smallest absolute Gasteiger partial charge is 0.335 e. The minimum atomic E-state index is -1.05. The van der Waals surface area contributed by atoms with E-state index in [1.165, 1.54) is 30.7 Å². The van der Waals surface area contributed by atoms with Gasteiger partial charge in [0.15, 0.2) is 5.65 Å². The molecule has 0 unspecified atom stereocenters. The average molecular weight is 432 g/mol. The SMILES string of the molecule is C[C@H]1CNCCN1c1ncnc2c1c(-c1ccccc1F)cn2-c1cc(C(=O)O)ccn1. The largest absolute Gasteiger partial charge is 0.478 e. The van der Waals surface area contributed by atoms with Crippen LogP contribution in [0.3, 0.4) is 0 Å². The van der Waals surface area contributed by atoms with Crippen molar-refractivity contribution in [1.82, 2.24) is 24.8 Å². The van der Waals surface area contributed by atoms with Crippen LogP contribution in [-0.4, -0.2) is 56.3 Å². The molecule has 0 bridgehead atoms. The van der Waals surface area contributed by atoms with Crippen LogP contribution in [0.5, 0.6) is 0 Å². The minimum Gasteiger partial charge on any atom is -0.478 e. The predicted octanol–water partition coefficient (Wildman–Crippen LogP) is 3.12. The number of rotatable bonds is 4. The molecule has 0 amide bonds. The first-order valence-corrected chi connectivity index (χ1v) is 10.3. The Labute approximate surface area is 183 Å². The maximum atomic E-state index is 14.9. The van der Waals surface area contributed by atoms with Gasteiger partial charge in [0, 0.05) is 49.2 Å². The van der Waals surface area contributed by atoms with Crippen molar-refractivity contribution < 1.29 is 14.3 Å². The molecule has 3 aromatic heterocycles. The number of nitrogens with one attached hydrogen (secondary N) is 1. The number of aromatic nitrogens is 4. The summed E-state index contributed by atoms with van der Waals surface area (Å²) in [4.78, 5) is 27.1. The van der Waals surface area contributed by atoms with Crippen molar-refractivity contribution in [3.63, 3.8) is 0 Å². The molecule has 1 aliphatic rings. The second kappa shape index (κ2) is 8.01. The van der Waals surface area contributed by atoms with Gasteiger partial charge in [-0.3, -0.25) is 4.57 Å². The zero-order valence-electron chi connectivity index (χ0n) is 17.4. The summed E-state index contributed by atoms with van der Waals surface area (Å²) >= 11 is 0. The average Bonchev–Trinajstić information content (AvgIpc) is 3.20. The number of pyridine rings is 1. The first-order chi connectivity index (χ1) is 15.5. The van der Waals surface area contributed by atoms with E-state index in [1.54, 1.807) is 29.0 Å². The van der Waals surface area contributed by atoms with E-state index in [9.17, 15) is 14.3 Å². The van der Waals surface area contributed by atoms with Crippen LogP contribution in [0.25, 0.3) is 28.0 Å². The molecule has 0 saturated carbocycles. The van der Waals surface area contributed by atoms with Gasteiger partial charge >= 0.3 is 5.97 Å². The van der Waals surface area contributed by atoms with Crippen molar-refractivity contribution in [3.05, 3.63) is 66.5 Å². The zero-order chi connectivity index (χ0) is 22.2. The van der Waals surface area contributed by atoms with E-state index in [-0.39, 0.29) is 17.4 Å². The minimum absolute atomic E-state index is 0.106. The van der Waals surface area contributed by atoms with Gasteiger partial charge in [-0.05, 0) is 25.1 Å². The van der Waals surface area contributed by atoms with Crippen molar-refractivity contribution in [1.29, 1.82) is 0 Å². The first-order valence-electron chi connectivity index (χ1n) is 10.3. The molecule has 32 heavy (non-hydrogen) atoms. The standard InChI is InChI=1S/C23H21FN6O2/c1-14-11-25-8-9-29(14)21-20-17(16-4-2-3-5-18(16)24)12-30(22(20)28-13-27-21)19-10-15(23(31)32)6-7-26-19/h2-7,10,12-14,25H,8-9,11H2,1H3,(H,31,32)/t14-/m0/s1. The fraction of sp³-hybridized carbons (Fsp3) is 0.217. The maximum Gasteiger partial charge on any atom is 0.335 e. The molecule has 1 atom stereocenters.